The van der Waals surface area contributed by atoms with Crippen molar-refractivity contribution in [3.05, 3.63) is 130 Å². The summed E-state index contributed by atoms with van der Waals surface area (Å²) in [6.07, 6.45) is 2.31. The van der Waals surface area contributed by atoms with Gasteiger partial charge in [-0.05, 0) is 85.8 Å². The fourth-order valence-electron chi connectivity index (χ4n) is 7.33. The first-order valence-corrected chi connectivity index (χ1v) is 32.9. The Hall–Kier alpha value is -1.98. The first kappa shape index (κ1) is 47.4. The Bertz CT molecular complexity index is 1970. The van der Waals surface area contributed by atoms with E-state index in [2.05, 4.69) is 196 Å². The number of benzene rings is 4. The van der Waals surface area contributed by atoms with Crippen LogP contribution in [0.15, 0.2) is 97.1 Å². The fourth-order valence-corrected chi connectivity index (χ4v) is 15.4. The molecule has 0 unspecified atom stereocenters. The Morgan fingerprint density at radius 1 is 0.564 bits per heavy atom. The second kappa shape index (κ2) is 21.1. The summed E-state index contributed by atoms with van der Waals surface area (Å²) in [5.74, 6) is 1.40. The third kappa shape index (κ3) is 13.5. The number of hydrogen-bond acceptors (Lipinski definition) is 1. The summed E-state index contributed by atoms with van der Waals surface area (Å²) in [5.41, 5.74) is 13.9. The molecule has 2 radical (unpaired) electrons. The standard InChI is InChI=1S/2C21H23.C6H18BNSi2.2ClH.Zr/c2*1-14(2)11-17-12-18-8-6-10-20(21(18)13-17)19-9-5-7-15(3)16(19)4;1-9(2,3)8(7)10(4,5)6;;;/h2*5-10,12-14H,11H2,1-4H3;1-6H3;2*1H;/q2*-1;;;;+4/p-2. The van der Waals surface area contributed by atoms with Crippen LogP contribution in [0.2, 0.25) is 39.3 Å². The molecule has 0 saturated carbocycles. The van der Waals surface area contributed by atoms with Crippen LogP contribution in [0.3, 0.4) is 0 Å². The van der Waals surface area contributed by atoms with E-state index in [0.29, 0.717) is 11.8 Å². The van der Waals surface area contributed by atoms with E-state index in [4.69, 9.17) is 25.0 Å². The molecule has 6 aromatic rings. The molecule has 0 heterocycles. The Balaban J connectivity index is 0.000000227. The van der Waals surface area contributed by atoms with Crippen molar-refractivity contribution in [1.82, 2.24) is 4.14 Å². The first-order chi connectivity index (χ1) is 25.7. The van der Waals surface area contributed by atoms with Crippen LogP contribution >= 0.6 is 17.0 Å². The Morgan fingerprint density at radius 2 is 0.873 bits per heavy atom. The van der Waals surface area contributed by atoms with Gasteiger partial charge in [0, 0.05) is 0 Å². The van der Waals surface area contributed by atoms with Gasteiger partial charge in [0.05, 0.1) is 0 Å². The number of nitrogens with zero attached hydrogens (tertiary/aromatic N) is 1. The molecule has 0 bridgehead atoms. The van der Waals surface area contributed by atoms with Crippen LogP contribution in [0, 0.1) is 39.5 Å². The molecule has 0 N–H and O–H groups in total. The molecule has 0 aliphatic rings. The van der Waals surface area contributed by atoms with E-state index >= 15 is 0 Å². The average molecular weight is 884 g/mol. The molecule has 0 atom stereocenters. The molecule has 6 rings (SSSR count). The molecule has 0 aromatic heterocycles. The van der Waals surface area contributed by atoms with E-state index in [1.165, 1.54) is 77.2 Å². The van der Waals surface area contributed by atoms with Crippen molar-refractivity contribution in [2.45, 2.75) is 108 Å². The van der Waals surface area contributed by atoms with Gasteiger partial charge in [0.2, 0.25) is 0 Å². The monoisotopic (exact) mass is 881 g/mol. The minimum atomic E-state index is -1.22. The molecule has 0 aliphatic carbocycles. The van der Waals surface area contributed by atoms with Crippen LogP contribution in [-0.4, -0.2) is 28.6 Å². The zero-order valence-electron chi connectivity index (χ0n) is 36.1. The van der Waals surface area contributed by atoms with Crippen LogP contribution in [0.25, 0.3) is 43.8 Å². The molecule has 0 fully saturated rings. The van der Waals surface area contributed by atoms with Crippen molar-refractivity contribution < 1.29 is 20.8 Å². The summed E-state index contributed by atoms with van der Waals surface area (Å²) < 4.78 is 2.15. The summed E-state index contributed by atoms with van der Waals surface area (Å²) in [5, 5.41) is 5.51. The molecule has 0 saturated heterocycles. The molecule has 290 valence electrons. The summed E-state index contributed by atoms with van der Waals surface area (Å²) in [6.45, 7) is 31.6. The number of halogens is 2. The van der Waals surface area contributed by atoms with Crippen LogP contribution < -0.4 is 0 Å². The number of rotatable bonds is 8. The van der Waals surface area contributed by atoms with Crippen LogP contribution in [-0.2, 0) is 33.7 Å². The Morgan fingerprint density at radius 3 is 1.16 bits per heavy atom. The van der Waals surface area contributed by atoms with E-state index in [1.807, 2.05) is 0 Å². The van der Waals surface area contributed by atoms with E-state index in [0.717, 1.165) is 12.8 Å². The van der Waals surface area contributed by atoms with E-state index in [-0.39, 0.29) is 0 Å². The van der Waals surface area contributed by atoms with Crippen molar-refractivity contribution in [1.29, 1.82) is 0 Å². The van der Waals surface area contributed by atoms with Crippen molar-refractivity contribution >= 4 is 63.0 Å². The Labute approximate surface area is 357 Å². The maximum atomic E-state index is 5.98. The predicted molar refractivity (Wildman–Crippen MR) is 252 cm³/mol. The minimum absolute atomic E-state index is 0.700. The van der Waals surface area contributed by atoms with Crippen molar-refractivity contribution in [2.24, 2.45) is 11.8 Å². The van der Waals surface area contributed by atoms with Gasteiger partial charge < -0.3 is 4.14 Å². The van der Waals surface area contributed by atoms with Gasteiger partial charge in [-0.3, -0.25) is 0 Å². The van der Waals surface area contributed by atoms with Gasteiger partial charge in [0.15, 0.2) is 7.98 Å². The number of aryl methyl sites for hydroxylation is 2. The van der Waals surface area contributed by atoms with Crippen LogP contribution in [0.4, 0.5) is 0 Å². The predicted octanol–water partition coefficient (Wildman–Crippen LogP) is 15.5. The normalized spacial score (nSPS) is 11.5. The summed E-state index contributed by atoms with van der Waals surface area (Å²) >= 11 is -0.826. The second-order valence-electron chi connectivity index (χ2n) is 17.8. The zero-order chi connectivity index (χ0) is 41.2. The summed E-state index contributed by atoms with van der Waals surface area (Å²) in [4.78, 5) is 0. The van der Waals surface area contributed by atoms with Gasteiger partial charge >= 0.3 is 37.9 Å². The van der Waals surface area contributed by atoms with Gasteiger partial charge in [0.1, 0.15) is 16.5 Å². The molecule has 0 amide bonds. The third-order valence-corrected chi connectivity index (χ3v) is 17.1. The topological polar surface area (TPSA) is 3.24 Å². The molecule has 1 nitrogen and oxygen atoms in total. The first-order valence-electron chi connectivity index (χ1n) is 19.7. The number of hydrogen-bond donors (Lipinski definition) is 0. The molecule has 7 heteroatoms. The van der Waals surface area contributed by atoms with Crippen molar-refractivity contribution in [2.75, 3.05) is 0 Å². The van der Waals surface area contributed by atoms with E-state index < -0.39 is 37.3 Å². The number of fused-ring (bicyclic) bond motifs is 2. The van der Waals surface area contributed by atoms with Crippen molar-refractivity contribution in [3.8, 4) is 22.3 Å². The molecular formula is C48H64BCl2NSi2Zr. The summed E-state index contributed by atoms with van der Waals surface area (Å²) in [6, 6.07) is 36.0. The van der Waals surface area contributed by atoms with Crippen molar-refractivity contribution in [3.63, 3.8) is 0 Å². The van der Waals surface area contributed by atoms with Gasteiger partial charge in [0.25, 0.3) is 0 Å². The van der Waals surface area contributed by atoms with E-state index in [9.17, 15) is 0 Å². The van der Waals surface area contributed by atoms with Gasteiger partial charge in [-0.1, -0.05) is 127 Å². The summed E-state index contributed by atoms with van der Waals surface area (Å²) in [7, 11) is 13.4. The van der Waals surface area contributed by atoms with Crippen LogP contribution in [0.1, 0.15) is 61.1 Å². The Kier molecular flexibility index (Phi) is 18.2. The maximum absolute atomic E-state index is 5.98. The molecule has 0 aliphatic heterocycles. The van der Waals surface area contributed by atoms with Gasteiger partial charge in [-0.15, -0.1) is 69.1 Å². The second-order valence-corrected chi connectivity index (χ2v) is 31.6. The van der Waals surface area contributed by atoms with Crippen LogP contribution in [0.5, 0.6) is 0 Å². The molecule has 55 heavy (non-hydrogen) atoms. The third-order valence-electron chi connectivity index (χ3n) is 10.1. The van der Waals surface area contributed by atoms with Gasteiger partial charge in [-0.2, -0.15) is 12.1 Å². The molecular weight excluding hydrogens is 820 g/mol. The van der Waals surface area contributed by atoms with Gasteiger partial charge in [-0.25, -0.2) is 0 Å². The SMILES string of the molecule is Cc1cccc(-c2cccc3[cH-]c(CC(C)C)cc23)c1C.Cc1cccc(-c2cccc3[cH-]c(CC(C)C)cc23)c1C.[B]N([Si](C)(C)C)[Si](C)(C)C.[Cl][Zr+2][Cl]. The van der Waals surface area contributed by atoms with E-state index in [1.54, 1.807) is 0 Å². The average Bonchev–Trinajstić information content (AvgIpc) is 3.69. The molecule has 0 spiro atoms. The molecule has 6 aromatic carbocycles. The fraction of sp³-hybridized carbons (Fsp3) is 0.375. The zero-order valence-corrected chi connectivity index (χ0v) is 42.1. The quantitative estimate of drug-likeness (QED) is 0.109.